The average molecular weight is 156 g/mol. The molecule has 1 rings (SSSR count). The van der Waals surface area contributed by atoms with Crippen molar-refractivity contribution < 1.29 is 9.47 Å². The molecule has 0 aliphatic carbocycles. The van der Waals surface area contributed by atoms with Crippen molar-refractivity contribution in [3.63, 3.8) is 0 Å². The van der Waals surface area contributed by atoms with E-state index < -0.39 is 5.56 Å². The van der Waals surface area contributed by atoms with Crippen molar-refractivity contribution in [2.24, 2.45) is 0 Å². The molecule has 0 atom stereocenters. The van der Waals surface area contributed by atoms with Gasteiger partial charge in [0.2, 0.25) is 5.75 Å². The Kier molecular flexibility index (Phi) is 2.10. The zero-order valence-electron chi connectivity index (χ0n) is 6.25. The molecule has 0 saturated carbocycles. The Morgan fingerprint density at radius 2 is 2.18 bits per heavy atom. The van der Waals surface area contributed by atoms with Crippen LogP contribution in [0.5, 0.6) is 11.5 Å². The standard InChI is InChI=1S/C6H8N2O3/c1-10-4-3-7-8-6(9)5(4)11-2/h3H,1-2H3,(H,8,9). The molecule has 60 valence electrons. The van der Waals surface area contributed by atoms with Gasteiger partial charge < -0.3 is 9.47 Å². The van der Waals surface area contributed by atoms with Crippen LogP contribution in [0, 0.1) is 0 Å². The van der Waals surface area contributed by atoms with Crippen LogP contribution in [-0.2, 0) is 0 Å². The van der Waals surface area contributed by atoms with E-state index in [9.17, 15) is 4.79 Å². The lowest BCUT2D eigenvalue weighted by Gasteiger charge is -2.02. The molecule has 1 aromatic rings. The van der Waals surface area contributed by atoms with Gasteiger partial charge in [-0.2, -0.15) is 5.10 Å². The summed E-state index contributed by atoms with van der Waals surface area (Å²) in [4.78, 5) is 10.9. The lowest BCUT2D eigenvalue weighted by molar-refractivity contribution is 0.347. The lowest BCUT2D eigenvalue weighted by Crippen LogP contribution is -2.11. The second kappa shape index (κ2) is 3.05. The Morgan fingerprint density at radius 3 is 2.64 bits per heavy atom. The highest BCUT2D eigenvalue weighted by Gasteiger charge is 2.06. The number of rotatable bonds is 2. The Morgan fingerprint density at radius 1 is 1.45 bits per heavy atom. The Hall–Kier alpha value is -1.52. The molecule has 0 aliphatic rings. The van der Waals surface area contributed by atoms with Crippen molar-refractivity contribution in [1.29, 1.82) is 0 Å². The molecule has 0 amide bonds. The molecule has 0 spiro atoms. The average Bonchev–Trinajstić information content (AvgIpc) is 2.04. The summed E-state index contributed by atoms with van der Waals surface area (Å²) in [7, 11) is 2.84. The van der Waals surface area contributed by atoms with E-state index in [0.29, 0.717) is 5.75 Å². The van der Waals surface area contributed by atoms with E-state index in [1.807, 2.05) is 0 Å². The van der Waals surface area contributed by atoms with E-state index in [-0.39, 0.29) is 5.75 Å². The van der Waals surface area contributed by atoms with Crippen LogP contribution in [0.3, 0.4) is 0 Å². The molecule has 0 fully saturated rings. The van der Waals surface area contributed by atoms with Crippen molar-refractivity contribution in [1.82, 2.24) is 10.2 Å². The number of aromatic amines is 1. The van der Waals surface area contributed by atoms with E-state index >= 15 is 0 Å². The van der Waals surface area contributed by atoms with E-state index in [4.69, 9.17) is 9.47 Å². The Labute approximate surface area is 63.0 Å². The summed E-state index contributed by atoms with van der Waals surface area (Å²) in [5.41, 5.74) is -0.396. The number of hydrogen-bond acceptors (Lipinski definition) is 4. The number of hydrogen-bond donors (Lipinski definition) is 1. The largest absolute Gasteiger partial charge is 0.491 e. The van der Waals surface area contributed by atoms with E-state index in [1.165, 1.54) is 20.4 Å². The minimum absolute atomic E-state index is 0.141. The van der Waals surface area contributed by atoms with Gasteiger partial charge in [0.1, 0.15) is 0 Å². The highest BCUT2D eigenvalue weighted by Crippen LogP contribution is 2.18. The first-order chi connectivity index (χ1) is 5.29. The first-order valence-electron chi connectivity index (χ1n) is 2.95. The molecule has 0 radical (unpaired) electrons. The SMILES string of the molecule is COc1cn[nH]c(=O)c1OC. The second-order valence-electron chi connectivity index (χ2n) is 1.80. The van der Waals surface area contributed by atoms with Gasteiger partial charge in [0.25, 0.3) is 0 Å². The van der Waals surface area contributed by atoms with Crippen molar-refractivity contribution in [3.05, 3.63) is 16.6 Å². The molecule has 0 aliphatic heterocycles. The van der Waals surface area contributed by atoms with Crippen molar-refractivity contribution in [3.8, 4) is 11.5 Å². The molecule has 0 aromatic carbocycles. The zero-order chi connectivity index (χ0) is 8.27. The van der Waals surface area contributed by atoms with Gasteiger partial charge in [-0.25, -0.2) is 5.10 Å². The molecule has 5 nitrogen and oxygen atoms in total. The van der Waals surface area contributed by atoms with Crippen LogP contribution < -0.4 is 15.0 Å². The quantitative estimate of drug-likeness (QED) is 0.643. The molecular weight excluding hydrogens is 148 g/mol. The maximum atomic E-state index is 10.9. The molecule has 1 N–H and O–H groups in total. The number of aromatic nitrogens is 2. The van der Waals surface area contributed by atoms with Crippen molar-refractivity contribution in [2.75, 3.05) is 14.2 Å². The molecule has 5 heteroatoms. The fourth-order valence-corrected chi connectivity index (χ4v) is 0.710. The molecule has 1 heterocycles. The topological polar surface area (TPSA) is 64.2 Å². The first-order valence-corrected chi connectivity index (χ1v) is 2.95. The molecule has 0 saturated heterocycles. The predicted molar refractivity (Wildman–Crippen MR) is 38.0 cm³/mol. The summed E-state index contributed by atoms with van der Waals surface area (Å²) >= 11 is 0. The molecule has 0 unspecified atom stereocenters. The molecule has 11 heavy (non-hydrogen) atoms. The summed E-state index contributed by atoms with van der Waals surface area (Å²) < 4.78 is 9.57. The summed E-state index contributed by atoms with van der Waals surface area (Å²) in [6.45, 7) is 0. The monoisotopic (exact) mass is 156 g/mol. The number of H-pyrrole nitrogens is 1. The lowest BCUT2D eigenvalue weighted by atomic mass is 10.5. The van der Waals surface area contributed by atoms with Gasteiger partial charge >= 0.3 is 5.56 Å². The van der Waals surface area contributed by atoms with E-state index in [1.54, 1.807) is 0 Å². The van der Waals surface area contributed by atoms with Gasteiger partial charge in [-0.3, -0.25) is 4.79 Å². The highest BCUT2D eigenvalue weighted by atomic mass is 16.5. The van der Waals surface area contributed by atoms with Crippen LogP contribution in [0.2, 0.25) is 0 Å². The highest BCUT2D eigenvalue weighted by molar-refractivity contribution is 5.33. The molecule has 1 aromatic heterocycles. The molecular formula is C6H8N2O3. The number of nitrogens with one attached hydrogen (secondary N) is 1. The summed E-state index contributed by atoms with van der Waals surface area (Å²) in [6.07, 6.45) is 1.38. The maximum Gasteiger partial charge on any atom is 0.310 e. The fraction of sp³-hybridized carbons (Fsp3) is 0.333. The summed E-state index contributed by atoms with van der Waals surface area (Å²) in [5, 5.41) is 5.74. The number of nitrogens with zero attached hydrogens (tertiary/aromatic N) is 1. The third-order valence-electron chi connectivity index (χ3n) is 1.20. The fourth-order valence-electron chi connectivity index (χ4n) is 0.710. The predicted octanol–water partition coefficient (Wildman–Crippen LogP) is -0.213. The second-order valence-corrected chi connectivity index (χ2v) is 1.80. The Bertz CT molecular complexity index is 294. The van der Waals surface area contributed by atoms with Gasteiger partial charge in [0, 0.05) is 0 Å². The van der Waals surface area contributed by atoms with Gasteiger partial charge in [-0.1, -0.05) is 0 Å². The van der Waals surface area contributed by atoms with E-state index in [0.717, 1.165) is 0 Å². The normalized spacial score (nSPS) is 9.27. The van der Waals surface area contributed by atoms with Gasteiger partial charge in [-0.05, 0) is 0 Å². The van der Waals surface area contributed by atoms with Crippen molar-refractivity contribution >= 4 is 0 Å². The summed E-state index contributed by atoms with van der Waals surface area (Å²) in [5.74, 6) is 0.471. The number of ether oxygens (including phenoxy) is 2. The third kappa shape index (κ3) is 1.31. The summed E-state index contributed by atoms with van der Waals surface area (Å²) in [6, 6.07) is 0. The van der Waals surface area contributed by atoms with Crippen LogP contribution in [0.1, 0.15) is 0 Å². The minimum atomic E-state index is -0.396. The number of methoxy groups -OCH3 is 2. The first kappa shape index (κ1) is 7.59. The zero-order valence-corrected chi connectivity index (χ0v) is 6.25. The van der Waals surface area contributed by atoms with Crippen LogP contribution in [0.15, 0.2) is 11.0 Å². The smallest absolute Gasteiger partial charge is 0.310 e. The van der Waals surface area contributed by atoms with Gasteiger partial charge in [0.15, 0.2) is 5.75 Å². The maximum absolute atomic E-state index is 10.9. The van der Waals surface area contributed by atoms with Gasteiger partial charge in [0.05, 0.1) is 20.4 Å². The van der Waals surface area contributed by atoms with Crippen LogP contribution in [-0.4, -0.2) is 24.4 Å². The van der Waals surface area contributed by atoms with E-state index in [2.05, 4.69) is 10.2 Å². The minimum Gasteiger partial charge on any atom is -0.491 e. The van der Waals surface area contributed by atoms with Crippen LogP contribution >= 0.6 is 0 Å². The molecule has 0 bridgehead atoms. The third-order valence-corrected chi connectivity index (χ3v) is 1.20. The van der Waals surface area contributed by atoms with Crippen LogP contribution in [0.4, 0.5) is 0 Å². The Balaban J connectivity index is 3.24. The van der Waals surface area contributed by atoms with Crippen LogP contribution in [0.25, 0.3) is 0 Å². The van der Waals surface area contributed by atoms with Gasteiger partial charge in [-0.15, -0.1) is 0 Å². The van der Waals surface area contributed by atoms with Crippen molar-refractivity contribution in [2.45, 2.75) is 0 Å².